The summed E-state index contributed by atoms with van der Waals surface area (Å²) in [5.74, 6) is 0. The van der Waals surface area contributed by atoms with Gasteiger partial charge in [0.05, 0.1) is 6.07 Å². The molecule has 4 heteroatoms. The summed E-state index contributed by atoms with van der Waals surface area (Å²) in [5.41, 5.74) is 9.13. The Balaban J connectivity index is 1.96. The van der Waals surface area contributed by atoms with Crippen LogP contribution in [0.4, 0.5) is 5.69 Å². The molecule has 0 atom stereocenters. The van der Waals surface area contributed by atoms with Crippen LogP contribution < -0.4 is 5.73 Å². The van der Waals surface area contributed by atoms with Gasteiger partial charge in [0.25, 0.3) is 0 Å². The smallest absolute Gasteiger partial charge is 0.0635 e. The van der Waals surface area contributed by atoms with E-state index in [0.717, 1.165) is 42.9 Å². The van der Waals surface area contributed by atoms with Crippen LogP contribution in [-0.2, 0) is 13.0 Å². The average Bonchev–Trinajstić information content (AvgIpc) is 2.52. The molecular formula is C17H20N4. The minimum Gasteiger partial charge on any atom is -0.399 e. The van der Waals surface area contributed by atoms with Crippen LogP contribution in [0, 0.1) is 11.3 Å². The van der Waals surface area contributed by atoms with Gasteiger partial charge < -0.3 is 5.73 Å². The Labute approximate surface area is 125 Å². The molecule has 1 heterocycles. The van der Waals surface area contributed by atoms with Crippen molar-refractivity contribution in [2.24, 2.45) is 0 Å². The van der Waals surface area contributed by atoms with E-state index in [4.69, 9.17) is 11.0 Å². The average molecular weight is 280 g/mol. The zero-order valence-electron chi connectivity index (χ0n) is 12.1. The number of hydrogen-bond acceptors (Lipinski definition) is 4. The maximum Gasteiger partial charge on any atom is 0.0635 e. The lowest BCUT2D eigenvalue weighted by molar-refractivity contribution is 0.275. The van der Waals surface area contributed by atoms with Crippen molar-refractivity contribution >= 4 is 5.69 Å². The number of nitrogens with two attached hydrogens (primary N) is 1. The maximum atomic E-state index is 8.80. The van der Waals surface area contributed by atoms with Crippen LogP contribution in [-0.4, -0.2) is 23.0 Å². The number of para-hydroxylation sites is 1. The largest absolute Gasteiger partial charge is 0.399 e. The Morgan fingerprint density at radius 2 is 2.00 bits per heavy atom. The van der Waals surface area contributed by atoms with Crippen LogP contribution in [0.1, 0.15) is 17.5 Å². The molecule has 2 N–H and O–H groups in total. The third-order valence-corrected chi connectivity index (χ3v) is 3.42. The molecule has 1 aromatic heterocycles. The molecule has 2 rings (SSSR count). The van der Waals surface area contributed by atoms with Crippen LogP contribution in [0.25, 0.3) is 0 Å². The fourth-order valence-electron chi connectivity index (χ4n) is 2.27. The highest BCUT2D eigenvalue weighted by atomic mass is 15.1. The number of nitriles is 1. The van der Waals surface area contributed by atoms with Crippen molar-refractivity contribution in [2.45, 2.75) is 19.4 Å². The molecule has 1 aromatic carbocycles. The Hall–Kier alpha value is -2.38. The maximum absolute atomic E-state index is 8.80. The monoisotopic (exact) mass is 280 g/mol. The third kappa shape index (κ3) is 4.90. The van der Waals surface area contributed by atoms with E-state index < -0.39 is 0 Å². The van der Waals surface area contributed by atoms with Crippen LogP contribution >= 0.6 is 0 Å². The molecule has 108 valence electrons. The van der Waals surface area contributed by atoms with Crippen molar-refractivity contribution < 1.29 is 0 Å². The number of pyridine rings is 1. The van der Waals surface area contributed by atoms with Crippen molar-refractivity contribution in [3.63, 3.8) is 0 Å². The molecule has 4 nitrogen and oxygen atoms in total. The summed E-state index contributed by atoms with van der Waals surface area (Å²) in [6, 6.07) is 14.1. The lowest BCUT2D eigenvalue weighted by atomic mass is 10.1. The van der Waals surface area contributed by atoms with E-state index in [9.17, 15) is 0 Å². The van der Waals surface area contributed by atoms with Crippen molar-refractivity contribution in [3.8, 4) is 6.07 Å². The number of aromatic nitrogens is 1. The highest BCUT2D eigenvalue weighted by Crippen LogP contribution is 2.13. The third-order valence-electron chi connectivity index (χ3n) is 3.42. The summed E-state index contributed by atoms with van der Waals surface area (Å²) >= 11 is 0. The number of anilines is 1. The van der Waals surface area contributed by atoms with Crippen LogP contribution in [0.2, 0.25) is 0 Å². The van der Waals surface area contributed by atoms with Gasteiger partial charge in [-0.2, -0.15) is 5.26 Å². The fraction of sp³-hybridized carbons (Fsp3) is 0.294. The van der Waals surface area contributed by atoms with Gasteiger partial charge >= 0.3 is 0 Å². The number of benzene rings is 1. The molecule has 0 bridgehead atoms. The van der Waals surface area contributed by atoms with Crippen molar-refractivity contribution in [1.82, 2.24) is 9.88 Å². The van der Waals surface area contributed by atoms with Gasteiger partial charge in [-0.3, -0.25) is 9.88 Å². The Kier molecular flexibility index (Phi) is 5.74. The van der Waals surface area contributed by atoms with Gasteiger partial charge in [-0.1, -0.05) is 24.3 Å². The zero-order chi connectivity index (χ0) is 14.9. The molecule has 0 radical (unpaired) electrons. The summed E-state index contributed by atoms with van der Waals surface area (Å²) in [6.45, 7) is 2.45. The molecule has 2 aromatic rings. The standard InChI is InChI=1S/C17H20N4/c18-9-4-11-21(14-15-5-3-10-20-13-15)12-8-16-6-1-2-7-17(16)19/h1-3,5-7,10,13H,4,8,11-12,14,19H2. The molecule has 0 unspecified atom stereocenters. The van der Waals surface area contributed by atoms with Crippen LogP contribution in [0.5, 0.6) is 0 Å². The van der Waals surface area contributed by atoms with E-state index in [1.54, 1.807) is 6.20 Å². The fourth-order valence-corrected chi connectivity index (χ4v) is 2.27. The Morgan fingerprint density at radius 3 is 2.71 bits per heavy atom. The second kappa shape index (κ2) is 8.03. The molecule has 0 aliphatic rings. The molecule has 0 amide bonds. The molecule has 0 saturated heterocycles. The van der Waals surface area contributed by atoms with Gasteiger partial charge in [0, 0.05) is 44.1 Å². The topological polar surface area (TPSA) is 65.9 Å². The van der Waals surface area contributed by atoms with E-state index in [0.29, 0.717) is 6.42 Å². The molecule has 0 aliphatic heterocycles. The summed E-state index contributed by atoms with van der Waals surface area (Å²) in [6.07, 6.45) is 5.06. The quantitative estimate of drug-likeness (QED) is 0.792. The summed E-state index contributed by atoms with van der Waals surface area (Å²) in [5, 5.41) is 8.80. The number of nitrogens with zero attached hydrogens (tertiary/aromatic N) is 3. The molecule has 0 spiro atoms. The van der Waals surface area contributed by atoms with Crippen molar-refractivity contribution in [2.75, 3.05) is 18.8 Å². The van der Waals surface area contributed by atoms with Crippen LogP contribution in [0.15, 0.2) is 48.8 Å². The second-order valence-corrected chi connectivity index (χ2v) is 4.99. The van der Waals surface area contributed by atoms with Crippen LogP contribution in [0.3, 0.4) is 0 Å². The van der Waals surface area contributed by atoms with E-state index in [2.05, 4.69) is 28.1 Å². The van der Waals surface area contributed by atoms with E-state index >= 15 is 0 Å². The van der Waals surface area contributed by atoms with Gasteiger partial charge in [0.2, 0.25) is 0 Å². The van der Waals surface area contributed by atoms with Crippen molar-refractivity contribution in [1.29, 1.82) is 5.26 Å². The summed E-state index contributed by atoms with van der Waals surface area (Å²) in [4.78, 5) is 6.41. The molecule has 0 fully saturated rings. The Bertz CT molecular complexity index is 589. The highest BCUT2D eigenvalue weighted by Gasteiger charge is 2.07. The van der Waals surface area contributed by atoms with Gasteiger partial charge in [0.1, 0.15) is 0 Å². The lowest BCUT2D eigenvalue weighted by Crippen LogP contribution is -2.27. The highest BCUT2D eigenvalue weighted by molar-refractivity contribution is 5.46. The summed E-state index contributed by atoms with van der Waals surface area (Å²) < 4.78 is 0. The molecular weight excluding hydrogens is 260 g/mol. The minimum absolute atomic E-state index is 0.532. The Morgan fingerprint density at radius 1 is 1.14 bits per heavy atom. The van der Waals surface area contributed by atoms with E-state index in [-0.39, 0.29) is 0 Å². The molecule has 0 saturated carbocycles. The first-order chi connectivity index (χ1) is 10.3. The van der Waals surface area contributed by atoms with Gasteiger partial charge in [-0.05, 0) is 29.7 Å². The predicted octanol–water partition coefficient (Wildman–Crippen LogP) is 2.62. The lowest BCUT2D eigenvalue weighted by Gasteiger charge is -2.21. The first-order valence-corrected chi connectivity index (χ1v) is 7.11. The predicted molar refractivity (Wildman–Crippen MR) is 84.3 cm³/mol. The normalized spacial score (nSPS) is 10.5. The van der Waals surface area contributed by atoms with Gasteiger partial charge in [-0.15, -0.1) is 0 Å². The zero-order valence-corrected chi connectivity index (χ0v) is 12.1. The second-order valence-electron chi connectivity index (χ2n) is 4.99. The first kappa shape index (κ1) is 15.0. The summed E-state index contributed by atoms with van der Waals surface area (Å²) in [7, 11) is 0. The van der Waals surface area contributed by atoms with Gasteiger partial charge in [-0.25, -0.2) is 0 Å². The number of nitrogen functional groups attached to an aromatic ring is 1. The number of rotatable bonds is 7. The van der Waals surface area contributed by atoms with E-state index in [1.807, 2.05) is 30.5 Å². The number of hydrogen-bond donors (Lipinski definition) is 1. The minimum atomic E-state index is 0.532. The molecule has 21 heavy (non-hydrogen) atoms. The van der Waals surface area contributed by atoms with Crippen molar-refractivity contribution in [3.05, 3.63) is 59.9 Å². The SMILES string of the molecule is N#CCCN(CCc1ccccc1N)Cc1cccnc1. The molecule has 0 aliphatic carbocycles. The van der Waals surface area contributed by atoms with Gasteiger partial charge in [0.15, 0.2) is 0 Å². The van der Waals surface area contributed by atoms with E-state index in [1.165, 1.54) is 0 Å². The first-order valence-electron chi connectivity index (χ1n) is 7.11.